The topological polar surface area (TPSA) is 52.6 Å². The van der Waals surface area contributed by atoms with Gasteiger partial charge >= 0.3 is 11.9 Å². The third kappa shape index (κ3) is 3.81. The average molecular weight is 268 g/mol. The normalized spacial score (nSPS) is 10.2. The lowest BCUT2D eigenvalue weighted by molar-refractivity contribution is 0.0599. The van der Waals surface area contributed by atoms with Crippen LogP contribution in [0.1, 0.15) is 20.7 Å². The number of hydrogen-bond donors (Lipinski definition) is 0. The molecule has 0 N–H and O–H groups in total. The molecule has 0 aromatic heterocycles. The van der Waals surface area contributed by atoms with Crippen molar-refractivity contribution >= 4 is 11.9 Å². The quantitative estimate of drug-likeness (QED) is 0.631. The molecular weight excluding hydrogens is 256 g/mol. The maximum Gasteiger partial charge on any atom is 0.343 e. The van der Waals surface area contributed by atoms with Crippen LogP contribution in [0.3, 0.4) is 0 Å². The molecule has 0 heterocycles. The van der Waals surface area contributed by atoms with Crippen molar-refractivity contribution in [1.82, 2.24) is 0 Å². The molecule has 0 atom stereocenters. The lowest BCUT2D eigenvalue weighted by Gasteiger charge is -2.00. The van der Waals surface area contributed by atoms with Crippen molar-refractivity contribution in [3.05, 3.63) is 84.3 Å². The van der Waals surface area contributed by atoms with Gasteiger partial charge in [0.25, 0.3) is 0 Å². The van der Waals surface area contributed by atoms with Gasteiger partial charge in [0, 0.05) is 0 Å². The molecule has 0 bridgehead atoms. The summed E-state index contributed by atoms with van der Waals surface area (Å²) in [5.74, 6) is -1.03. The van der Waals surface area contributed by atoms with E-state index in [1.54, 1.807) is 60.7 Å². The molecule has 0 unspecified atom stereocenters. The number of rotatable bonds is 4. The van der Waals surface area contributed by atoms with Crippen LogP contribution in [0.15, 0.2) is 73.2 Å². The van der Waals surface area contributed by atoms with E-state index in [0.717, 1.165) is 12.5 Å². The first-order chi connectivity index (χ1) is 9.77. The minimum Gasteiger partial charge on any atom is -0.428 e. The second-order valence-electron chi connectivity index (χ2n) is 3.81. The molecule has 2 aromatic rings. The highest BCUT2D eigenvalue weighted by atomic mass is 16.6. The van der Waals surface area contributed by atoms with E-state index in [1.165, 1.54) is 0 Å². The fourth-order valence-electron chi connectivity index (χ4n) is 1.46. The first kappa shape index (κ1) is 13.5. The van der Waals surface area contributed by atoms with E-state index in [-0.39, 0.29) is 0 Å². The molecule has 0 saturated heterocycles. The zero-order chi connectivity index (χ0) is 14.2. The number of benzene rings is 2. The monoisotopic (exact) mass is 268 g/mol. The summed E-state index contributed by atoms with van der Waals surface area (Å²) in [6.07, 6.45) is 2.08. The Labute approximate surface area is 116 Å². The average Bonchev–Trinajstić information content (AvgIpc) is 2.53. The zero-order valence-corrected chi connectivity index (χ0v) is 10.6. The van der Waals surface area contributed by atoms with Crippen LogP contribution >= 0.6 is 0 Å². The molecule has 0 aliphatic carbocycles. The summed E-state index contributed by atoms with van der Waals surface area (Å²) in [7, 11) is 0. The van der Waals surface area contributed by atoms with Crippen LogP contribution in [0.2, 0.25) is 0 Å². The summed E-state index contributed by atoms with van der Waals surface area (Å²) in [4.78, 5) is 23.1. The Morgan fingerprint density at radius 1 is 0.650 bits per heavy atom. The molecule has 100 valence electrons. The first-order valence-corrected chi connectivity index (χ1v) is 5.94. The Morgan fingerprint density at radius 2 is 1.00 bits per heavy atom. The minimum atomic E-state index is -0.516. The Bertz CT molecular complexity index is 547. The smallest absolute Gasteiger partial charge is 0.343 e. The second kappa shape index (κ2) is 6.89. The molecule has 0 saturated carbocycles. The van der Waals surface area contributed by atoms with E-state index in [1.807, 2.05) is 0 Å². The molecule has 4 heteroatoms. The maximum atomic E-state index is 11.5. The lowest BCUT2D eigenvalue weighted by Crippen LogP contribution is -2.02. The highest BCUT2D eigenvalue weighted by Crippen LogP contribution is 2.03. The van der Waals surface area contributed by atoms with Gasteiger partial charge in [0.2, 0.25) is 0 Å². The zero-order valence-electron chi connectivity index (χ0n) is 10.6. The van der Waals surface area contributed by atoms with E-state index in [4.69, 9.17) is 9.47 Å². The largest absolute Gasteiger partial charge is 0.428 e. The van der Waals surface area contributed by atoms with Crippen LogP contribution in [-0.4, -0.2) is 11.9 Å². The number of carbonyl (C=O) groups is 2. The molecule has 2 rings (SSSR count). The van der Waals surface area contributed by atoms with E-state index in [2.05, 4.69) is 0 Å². The molecule has 0 aliphatic rings. The van der Waals surface area contributed by atoms with E-state index in [0.29, 0.717) is 11.1 Å². The Kier molecular flexibility index (Phi) is 4.67. The highest BCUT2D eigenvalue weighted by Gasteiger charge is 2.05. The van der Waals surface area contributed by atoms with Crippen molar-refractivity contribution in [2.75, 3.05) is 0 Å². The van der Waals surface area contributed by atoms with Crippen molar-refractivity contribution in [2.24, 2.45) is 0 Å². The van der Waals surface area contributed by atoms with E-state index < -0.39 is 11.9 Å². The third-order valence-corrected chi connectivity index (χ3v) is 2.42. The van der Waals surface area contributed by atoms with Crippen LogP contribution in [-0.2, 0) is 9.47 Å². The number of esters is 2. The maximum absolute atomic E-state index is 11.5. The summed E-state index contributed by atoms with van der Waals surface area (Å²) in [6, 6.07) is 17.1. The van der Waals surface area contributed by atoms with Gasteiger partial charge in [-0.1, -0.05) is 36.4 Å². The van der Waals surface area contributed by atoms with E-state index in [9.17, 15) is 9.59 Å². The Balaban J connectivity index is 1.83. The molecule has 0 aliphatic heterocycles. The molecule has 0 spiro atoms. The van der Waals surface area contributed by atoms with Crippen LogP contribution in [0.5, 0.6) is 0 Å². The molecule has 0 amide bonds. The summed E-state index contributed by atoms with van der Waals surface area (Å²) in [5.41, 5.74) is 0.845. The summed E-state index contributed by atoms with van der Waals surface area (Å²) < 4.78 is 9.64. The summed E-state index contributed by atoms with van der Waals surface area (Å²) >= 11 is 0. The highest BCUT2D eigenvalue weighted by molar-refractivity contribution is 5.90. The van der Waals surface area contributed by atoms with Crippen molar-refractivity contribution in [3.8, 4) is 0 Å². The van der Waals surface area contributed by atoms with Crippen molar-refractivity contribution < 1.29 is 19.1 Å². The summed E-state index contributed by atoms with van der Waals surface area (Å²) in [5, 5.41) is 0. The Hall–Kier alpha value is -2.88. The van der Waals surface area contributed by atoms with Crippen molar-refractivity contribution in [1.29, 1.82) is 0 Å². The molecule has 0 fully saturated rings. The number of carbonyl (C=O) groups excluding carboxylic acids is 2. The van der Waals surface area contributed by atoms with Crippen LogP contribution < -0.4 is 0 Å². The molecule has 4 nitrogen and oxygen atoms in total. The number of ether oxygens (including phenoxy) is 2. The third-order valence-electron chi connectivity index (χ3n) is 2.42. The standard InChI is InChI=1S/C16H12O4/c17-15(13-7-3-1-4-8-13)19-11-12-20-16(18)14-9-5-2-6-10-14/h1-12H. The first-order valence-electron chi connectivity index (χ1n) is 5.94. The Morgan fingerprint density at radius 3 is 1.35 bits per heavy atom. The van der Waals surface area contributed by atoms with Crippen molar-refractivity contribution in [2.45, 2.75) is 0 Å². The van der Waals surface area contributed by atoms with Gasteiger partial charge in [-0.05, 0) is 24.3 Å². The molecule has 20 heavy (non-hydrogen) atoms. The van der Waals surface area contributed by atoms with Crippen LogP contribution in [0, 0.1) is 0 Å². The second-order valence-corrected chi connectivity index (χ2v) is 3.81. The van der Waals surface area contributed by atoms with Gasteiger partial charge in [-0.3, -0.25) is 0 Å². The molecule has 2 aromatic carbocycles. The number of hydrogen-bond acceptors (Lipinski definition) is 4. The lowest BCUT2D eigenvalue weighted by atomic mass is 10.2. The fourth-order valence-corrected chi connectivity index (χ4v) is 1.46. The van der Waals surface area contributed by atoms with Crippen LogP contribution in [0.25, 0.3) is 0 Å². The van der Waals surface area contributed by atoms with Gasteiger partial charge in [0.05, 0.1) is 11.1 Å². The fraction of sp³-hybridized carbons (Fsp3) is 0. The molecular formula is C16H12O4. The van der Waals surface area contributed by atoms with Gasteiger partial charge in [0.1, 0.15) is 12.5 Å². The van der Waals surface area contributed by atoms with E-state index >= 15 is 0 Å². The van der Waals surface area contributed by atoms with Gasteiger partial charge in [0.15, 0.2) is 0 Å². The van der Waals surface area contributed by atoms with Crippen LogP contribution in [0.4, 0.5) is 0 Å². The minimum absolute atomic E-state index is 0.423. The van der Waals surface area contributed by atoms with Gasteiger partial charge in [-0.25, -0.2) is 9.59 Å². The van der Waals surface area contributed by atoms with Gasteiger partial charge in [-0.2, -0.15) is 0 Å². The predicted molar refractivity (Wildman–Crippen MR) is 72.9 cm³/mol. The predicted octanol–water partition coefficient (Wildman–Crippen LogP) is 3.17. The molecule has 0 radical (unpaired) electrons. The SMILES string of the molecule is O=C(OC=COC(=O)c1ccccc1)c1ccccc1. The van der Waals surface area contributed by atoms with Gasteiger partial charge < -0.3 is 9.47 Å². The summed E-state index contributed by atoms with van der Waals surface area (Å²) in [6.45, 7) is 0. The van der Waals surface area contributed by atoms with Crippen molar-refractivity contribution in [3.63, 3.8) is 0 Å². The van der Waals surface area contributed by atoms with Gasteiger partial charge in [-0.15, -0.1) is 0 Å².